The van der Waals surface area contributed by atoms with Crippen molar-refractivity contribution in [2.24, 2.45) is 0 Å². The molecule has 0 N–H and O–H groups in total. The van der Waals surface area contributed by atoms with Gasteiger partial charge >= 0.3 is 0 Å². The predicted octanol–water partition coefficient (Wildman–Crippen LogP) is 7.10. The van der Waals surface area contributed by atoms with E-state index in [2.05, 4.69) is 9.83 Å². The highest BCUT2D eigenvalue weighted by atomic mass is 35.5. The molecule has 0 atom stereocenters. The lowest BCUT2D eigenvalue weighted by Gasteiger charge is -2.29. The Labute approximate surface area is 226 Å². The minimum Gasteiger partial charge on any atom is -0.494 e. The quantitative estimate of drug-likeness (QED) is 0.182. The highest BCUT2D eigenvalue weighted by molar-refractivity contribution is 7.80. The van der Waals surface area contributed by atoms with Crippen molar-refractivity contribution in [2.75, 3.05) is 18.1 Å². The van der Waals surface area contributed by atoms with Crippen molar-refractivity contribution < 1.29 is 9.53 Å². The van der Waals surface area contributed by atoms with Gasteiger partial charge in [0.1, 0.15) is 11.3 Å². The molecule has 6 nitrogen and oxygen atoms in total. The van der Waals surface area contributed by atoms with Gasteiger partial charge < -0.3 is 9.64 Å². The zero-order valence-electron chi connectivity index (χ0n) is 20.1. The number of ether oxygens (including phenoxy) is 1. The van der Waals surface area contributed by atoms with Crippen LogP contribution in [0, 0.1) is 13.5 Å². The highest BCUT2D eigenvalue weighted by Gasteiger charge is 2.49. The van der Waals surface area contributed by atoms with Gasteiger partial charge in [0.25, 0.3) is 5.91 Å². The third-order valence-electron chi connectivity index (χ3n) is 6.25. The van der Waals surface area contributed by atoms with Crippen LogP contribution in [0.5, 0.6) is 5.75 Å². The summed E-state index contributed by atoms with van der Waals surface area (Å²) >= 11 is 18.3. The van der Waals surface area contributed by atoms with Crippen LogP contribution in [0.2, 0.25) is 10.0 Å². The fourth-order valence-electron chi connectivity index (χ4n) is 4.17. The van der Waals surface area contributed by atoms with E-state index in [1.807, 2.05) is 49.1 Å². The number of rotatable bonds is 7. The SMILES string of the molecule is [C-]#[N+]c1ccc(N2C(=O)C(C)(C)N(CCCOc3ccc(-c4ccncc4Cl)cc3)C2=S)c(C)c1Cl. The monoisotopic (exact) mass is 538 g/mol. The van der Waals surface area contributed by atoms with Gasteiger partial charge in [-0.2, -0.15) is 0 Å². The van der Waals surface area contributed by atoms with Crippen molar-refractivity contribution in [2.45, 2.75) is 32.7 Å². The first-order chi connectivity index (χ1) is 17.2. The van der Waals surface area contributed by atoms with Crippen LogP contribution in [0.15, 0.2) is 54.9 Å². The molecular weight excluding hydrogens is 515 g/mol. The van der Waals surface area contributed by atoms with Crippen molar-refractivity contribution in [3.8, 4) is 16.9 Å². The van der Waals surface area contributed by atoms with E-state index in [4.69, 9.17) is 46.7 Å². The van der Waals surface area contributed by atoms with Crippen LogP contribution in [0.25, 0.3) is 16.0 Å². The largest absolute Gasteiger partial charge is 0.494 e. The number of carbonyl (C=O) groups excluding carboxylic acids is 1. The Kier molecular flexibility index (Phi) is 7.51. The van der Waals surface area contributed by atoms with Crippen LogP contribution in [0.1, 0.15) is 25.8 Å². The molecule has 0 unspecified atom stereocenters. The predicted molar refractivity (Wildman–Crippen MR) is 148 cm³/mol. The second-order valence-corrected chi connectivity index (χ2v) is 10.0. The van der Waals surface area contributed by atoms with E-state index in [-0.39, 0.29) is 5.91 Å². The van der Waals surface area contributed by atoms with E-state index in [9.17, 15) is 4.79 Å². The van der Waals surface area contributed by atoms with E-state index in [0.29, 0.717) is 51.7 Å². The molecule has 0 radical (unpaired) electrons. The van der Waals surface area contributed by atoms with Crippen LogP contribution in [0.3, 0.4) is 0 Å². The molecule has 0 saturated carbocycles. The maximum atomic E-state index is 13.3. The topological polar surface area (TPSA) is 50.0 Å². The molecule has 1 fully saturated rings. The summed E-state index contributed by atoms with van der Waals surface area (Å²) in [5.74, 6) is 0.614. The second-order valence-electron chi connectivity index (χ2n) is 8.87. The van der Waals surface area contributed by atoms with Gasteiger partial charge in [-0.3, -0.25) is 14.7 Å². The van der Waals surface area contributed by atoms with Crippen molar-refractivity contribution in [1.82, 2.24) is 9.88 Å². The normalized spacial score (nSPS) is 14.8. The Hall–Kier alpha value is -3.18. The summed E-state index contributed by atoms with van der Waals surface area (Å²) in [7, 11) is 0. The number of thiocarbonyl (C=S) groups is 1. The number of amides is 1. The number of halogens is 2. The zero-order valence-corrected chi connectivity index (χ0v) is 22.4. The molecule has 1 aliphatic rings. The first-order valence-electron chi connectivity index (χ1n) is 11.3. The van der Waals surface area contributed by atoms with Gasteiger partial charge in [0.15, 0.2) is 5.11 Å². The molecule has 1 amide bonds. The molecule has 1 aromatic heterocycles. The number of hydrogen-bond acceptors (Lipinski definition) is 4. The van der Waals surface area contributed by atoms with Gasteiger partial charge in [-0.15, -0.1) is 0 Å². The van der Waals surface area contributed by atoms with Crippen LogP contribution >= 0.6 is 35.4 Å². The number of nitrogens with zero attached hydrogens (tertiary/aromatic N) is 4. The minimum absolute atomic E-state index is 0.131. The standard InChI is InChI=1S/C27H24Cl2N4O2S/c1-17-23(11-10-22(30-4)24(17)29)33-25(34)27(2,3)32(26(33)36)14-5-15-35-19-8-6-18(7-9-19)20-12-13-31-16-21(20)28/h6-13,16H,5,14-15H2,1-3H3. The maximum Gasteiger partial charge on any atom is 0.258 e. The first kappa shape index (κ1) is 25.9. The van der Waals surface area contributed by atoms with E-state index >= 15 is 0 Å². The Bertz CT molecular complexity index is 1370. The average molecular weight is 539 g/mol. The molecule has 1 saturated heterocycles. The average Bonchev–Trinajstić information content (AvgIpc) is 3.03. The number of pyridine rings is 1. The van der Waals surface area contributed by atoms with Crippen LogP contribution in [-0.2, 0) is 4.79 Å². The summed E-state index contributed by atoms with van der Waals surface area (Å²) in [6, 6.07) is 12.9. The summed E-state index contributed by atoms with van der Waals surface area (Å²) in [5, 5.41) is 1.34. The van der Waals surface area contributed by atoms with Gasteiger partial charge in [-0.25, -0.2) is 4.85 Å². The fourth-order valence-corrected chi connectivity index (χ4v) is 5.10. The zero-order chi connectivity index (χ0) is 26.0. The van der Waals surface area contributed by atoms with Crippen molar-refractivity contribution in [1.29, 1.82) is 0 Å². The van der Waals surface area contributed by atoms with E-state index in [0.717, 1.165) is 16.9 Å². The molecule has 2 aromatic carbocycles. The van der Waals surface area contributed by atoms with Gasteiger partial charge in [0, 0.05) is 24.5 Å². The Morgan fingerprint density at radius 2 is 1.86 bits per heavy atom. The molecule has 4 rings (SSSR count). The summed E-state index contributed by atoms with van der Waals surface area (Å²) < 4.78 is 5.93. The lowest BCUT2D eigenvalue weighted by Crippen LogP contribution is -2.44. The molecule has 36 heavy (non-hydrogen) atoms. The van der Waals surface area contributed by atoms with Gasteiger partial charge in [-0.05, 0) is 74.8 Å². The first-order valence-corrected chi connectivity index (χ1v) is 12.5. The van der Waals surface area contributed by atoms with Crippen LogP contribution < -0.4 is 9.64 Å². The number of aromatic nitrogens is 1. The minimum atomic E-state index is -0.820. The molecule has 9 heteroatoms. The van der Waals surface area contributed by atoms with Gasteiger partial charge in [-0.1, -0.05) is 41.4 Å². The van der Waals surface area contributed by atoms with E-state index < -0.39 is 5.54 Å². The lowest BCUT2D eigenvalue weighted by atomic mass is 10.0. The van der Waals surface area contributed by atoms with Gasteiger partial charge in [0.05, 0.1) is 28.9 Å². The summed E-state index contributed by atoms with van der Waals surface area (Å²) in [6.07, 6.45) is 4.00. The molecule has 2 heterocycles. The smallest absolute Gasteiger partial charge is 0.258 e. The summed E-state index contributed by atoms with van der Waals surface area (Å²) in [4.78, 5) is 24.2. The molecule has 0 aliphatic carbocycles. The molecule has 0 spiro atoms. The van der Waals surface area contributed by atoms with Crippen molar-refractivity contribution in [3.05, 3.63) is 81.9 Å². The summed E-state index contributed by atoms with van der Waals surface area (Å²) in [5.41, 5.74) is 2.68. The lowest BCUT2D eigenvalue weighted by molar-refractivity contribution is -0.123. The Morgan fingerprint density at radius 3 is 2.53 bits per heavy atom. The third kappa shape index (κ3) is 4.77. The summed E-state index contributed by atoms with van der Waals surface area (Å²) in [6.45, 7) is 13.8. The molecular formula is C27H24Cl2N4O2S. The van der Waals surface area contributed by atoms with Crippen LogP contribution in [-0.4, -0.2) is 39.6 Å². The molecule has 3 aromatic rings. The van der Waals surface area contributed by atoms with Crippen LogP contribution in [0.4, 0.5) is 11.4 Å². The Morgan fingerprint density at radius 1 is 1.14 bits per heavy atom. The third-order valence-corrected chi connectivity index (χ3v) is 7.44. The highest BCUT2D eigenvalue weighted by Crippen LogP contribution is 2.39. The maximum absolute atomic E-state index is 13.3. The number of benzene rings is 2. The fraction of sp³-hybridized carbons (Fsp3) is 0.259. The Balaban J connectivity index is 1.40. The van der Waals surface area contributed by atoms with Gasteiger partial charge in [0.2, 0.25) is 5.69 Å². The number of carbonyl (C=O) groups is 1. The number of anilines is 1. The van der Waals surface area contributed by atoms with E-state index in [1.165, 1.54) is 4.90 Å². The molecule has 1 aliphatic heterocycles. The van der Waals surface area contributed by atoms with E-state index in [1.54, 1.807) is 31.5 Å². The number of hydrogen-bond donors (Lipinski definition) is 0. The second kappa shape index (κ2) is 10.4. The molecule has 0 bridgehead atoms. The van der Waals surface area contributed by atoms with Crippen molar-refractivity contribution >= 4 is 57.8 Å². The molecule has 184 valence electrons. The van der Waals surface area contributed by atoms with Crippen molar-refractivity contribution in [3.63, 3.8) is 0 Å².